The molecule has 0 atom stereocenters. The maximum atomic E-state index is 5.90. The van der Waals surface area contributed by atoms with E-state index >= 15 is 0 Å². The Morgan fingerprint density at radius 2 is 2.00 bits per heavy atom. The van der Waals surface area contributed by atoms with Crippen LogP contribution < -0.4 is 5.32 Å². The summed E-state index contributed by atoms with van der Waals surface area (Å²) in [6.45, 7) is 6.31. The fourth-order valence-electron chi connectivity index (χ4n) is 1.45. The van der Waals surface area contributed by atoms with Crippen molar-refractivity contribution in [1.82, 2.24) is 9.36 Å². The molecule has 5 heteroatoms. The van der Waals surface area contributed by atoms with Gasteiger partial charge in [0.2, 0.25) is 5.13 Å². The fraction of sp³-hybridized carbons (Fsp3) is 0.385. The Morgan fingerprint density at radius 3 is 2.61 bits per heavy atom. The van der Waals surface area contributed by atoms with Crippen molar-refractivity contribution in [3.05, 3.63) is 35.7 Å². The van der Waals surface area contributed by atoms with E-state index in [1.54, 1.807) is 0 Å². The van der Waals surface area contributed by atoms with Gasteiger partial charge in [-0.05, 0) is 11.6 Å². The van der Waals surface area contributed by atoms with Crippen LogP contribution in [0, 0.1) is 0 Å². The molecule has 0 unspecified atom stereocenters. The Balaban J connectivity index is 2.22. The zero-order valence-corrected chi connectivity index (χ0v) is 12.3. The fourth-order valence-corrected chi connectivity index (χ4v) is 2.46. The highest BCUT2D eigenvalue weighted by Crippen LogP contribution is 2.27. The van der Waals surface area contributed by atoms with E-state index in [1.165, 1.54) is 11.5 Å². The Hall–Kier alpha value is -1.13. The summed E-state index contributed by atoms with van der Waals surface area (Å²) >= 11 is 7.28. The lowest BCUT2D eigenvalue weighted by Gasteiger charge is -2.12. The molecule has 0 bridgehead atoms. The van der Waals surface area contributed by atoms with Crippen LogP contribution in [-0.4, -0.2) is 9.36 Å². The van der Waals surface area contributed by atoms with Gasteiger partial charge in [-0.3, -0.25) is 0 Å². The van der Waals surface area contributed by atoms with E-state index in [1.807, 2.05) is 24.3 Å². The van der Waals surface area contributed by atoms with E-state index in [2.05, 4.69) is 35.4 Å². The van der Waals surface area contributed by atoms with Crippen LogP contribution in [0.2, 0.25) is 0 Å². The van der Waals surface area contributed by atoms with Crippen LogP contribution in [-0.2, 0) is 11.3 Å². The van der Waals surface area contributed by atoms with Gasteiger partial charge in [-0.1, -0.05) is 39.0 Å². The summed E-state index contributed by atoms with van der Waals surface area (Å²) in [5, 5.41) is 4.08. The molecular formula is C13H16ClN3S. The summed E-state index contributed by atoms with van der Waals surface area (Å²) in [4.78, 5) is 4.51. The summed E-state index contributed by atoms with van der Waals surface area (Å²) in [6, 6.07) is 7.95. The van der Waals surface area contributed by atoms with E-state index < -0.39 is 0 Å². The Bertz CT molecular complexity index is 531. The molecule has 0 saturated heterocycles. The standard InChI is InChI=1S/C13H16ClN3S/c1-13(2,3)11-16-12(18-17-11)15-10-7-5-4-6-9(10)8-14/h4-7H,8H2,1-3H3,(H,15,16,17). The molecule has 0 aliphatic heterocycles. The maximum absolute atomic E-state index is 5.90. The van der Waals surface area contributed by atoms with Crippen LogP contribution in [0.15, 0.2) is 24.3 Å². The van der Waals surface area contributed by atoms with E-state index in [0.29, 0.717) is 5.88 Å². The Morgan fingerprint density at radius 1 is 1.28 bits per heavy atom. The summed E-state index contributed by atoms with van der Waals surface area (Å²) in [5.41, 5.74) is 2.03. The normalized spacial score (nSPS) is 11.6. The number of anilines is 2. The maximum Gasteiger partial charge on any atom is 0.207 e. The molecule has 1 heterocycles. The smallest absolute Gasteiger partial charge is 0.207 e. The van der Waals surface area contributed by atoms with Crippen molar-refractivity contribution in [2.24, 2.45) is 0 Å². The molecule has 0 aliphatic rings. The van der Waals surface area contributed by atoms with Gasteiger partial charge in [0.25, 0.3) is 0 Å². The third kappa shape index (κ3) is 3.00. The molecule has 2 aromatic rings. The largest absolute Gasteiger partial charge is 0.330 e. The molecule has 1 N–H and O–H groups in total. The van der Waals surface area contributed by atoms with Gasteiger partial charge in [-0.25, -0.2) is 4.98 Å². The number of aromatic nitrogens is 2. The van der Waals surface area contributed by atoms with Gasteiger partial charge >= 0.3 is 0 Å². The van der Waals surface area contributed by atoms with Crippen molar-refractivity contribution >= 4 is 34.0 Å². The average molecular weight is 282 g/mol. The second kappa shape index (κ2) is 5.24. The van der Waals surface area contributed by atoms with Crippen LogP contribution in [0.3, 0.4) is 0 Å². The molecular weight excluding hydrogens is 266 g/mol. The van der Waals surface area contributed by atoms with Gasteiger partial charge in [-0.15, -0.1) is 11.6 Å². The number of nitrogens with zero attached hydrogens (tertiary/aromatic N) is 2. The van der Waals surface area contributed by atoms with Crippen LogP contribution in [0.25, 0.3) is 0 Å². The van der Waals surface area contributed by atoms with Crippen molar-refractivity contribution in [3.63, 3.8) is 0 Å². The minimum absolute atomic E-state index is 0.0254. The van der Waals surface area contributed by atoms with E-state index in [4.69, 9.17) is 11.6 Å². The number of para-hydroxylation sites is 1. The molecule has 18 heavy (non-hydrogen) atoms. The number of hydrogen-bond donors (Lipinski definition) is 1. The molecule has 0 amide bonds. The second-order valence-corrected chi connectivity index (χ2v) is 6.11. The van der Waals surface area contributed by atoms with Crippen LogP contribution in [0.4, 0.5) is 10.8 Å². The summed E-state index contributed by atoms with van der Waals surface area (Å²) in [6.07, 6.45) is 0. The highest BCUT2D eigenvalue weighted by atomic mass is 35.5. The van der Waals surface area contributed by atoms with Gasteiger partial charge in [0, 0.05) is 28.5 Å². The number of alkyl halides is 1. The SMILES string of the molecule is CC(C)(C)c1nsc(Nc2ccccc2CCl)n1. The third-order valence-electron chi connectivity index (χ3n) is 2.50. The first-order valence-corrected chi connectivity index (χ1v) is 7.06. The van der Waals surface area contributed by atoms with Gasteiger partial charge < -0.3 is 5.32 Å². The quantitative estimate of drug-likeness (QED) is 0.852. The molecule has 0 saturated carbocycles. The number of halogens is 1. The molecule has 96 valence electrons. The minimum Gasteiger partial charge on any atom is -0.330 e. The molecule has 0 radical (unpaired) electrons. The Kier molecular flexibility index (Phi) is 3.88. The molecule has 0 fully saturated rings. The first-order chi connectivity index (χ1) is 8.50. The van der Waals surface area contributed by atoms with E-state index in [0.717, 1.165) is 22.2 Å². The average Bonchev–Trinajstić information content (AvgIpc) is 2.78. The lowest BCUT2D eigenvalue weighted by Crippen LogP contribution is -2.13. The number of rotatable bonds is 3. The molecule has 2 rings (SSSR count). The zero-order chi connectivity index (χ0) is 13.2. The van der Waals surface area contributed by atoms with E-state index in [-0.39, 0.29) is 5.41 Å². The molecule has 1 aromatic heterocycles. The minimum atomic E-state index is -0.0254. The molecule has 0 aliphatic carbocycles. The summed E-state index contributed by atoms with van der Waals surface area (Å²) in [5.74, 6) is 1.34. The highest BCUT2D eigenvalue weighted by molar-refractivity contribution is 7.09. The predicted molar refractivity (Wildman–Crippen MR) is 77.9 cm³/mol. The van der Waals surface area contributed by atoms with Crippen molar-refractivity contribution in [1.29, 1.82) is 0 Å². The van der Waals surface area contributed by atoms with Gasteiger partial charge in [-0.2, -0.15) is 4.37 Å². The number of hydrogen-bond acceptors (Lipinski definition) is 4. The van der Waals surface area contributed by atoms with Crippen LogP contribution >= 0.6 is 23.1 Å². The predicted octanol–water partition coefficient (Wildman–Crippen LogP) is 4.32. The molecule has 1 aromatic carbocycles. The van der Waals surface area contributed by atoms with Crippen molar-refractivity contribution < 1.29 is 0 Å². The van der Waals surface area contributed by atoms with Gasteiger partial charge in [0.1, 0.15) is 5.82 Å². The topological polar surface area (TPSA) is 37.8 Å². The molecule has 3 nitrogen and oxygen atoms in total. The molecule has 0 spiro atoms. The van der Waals surface area contributed by atoms with Crippen LogP contribution in [0.1, 0.15) is 32.2 Å². The van der Waals surface area contributed by atoms with Crippen molar-refractivity contribution in [2.45, 2.75) is 32.1 Å². The first-order valence-electron chi connectivity index (χ1n) is 5.76. The Labute approximate surface area is 116 Å². The second-order valence-electron chi connectivity index (χ2n) is 5.09. The van der Waals surface area contributed by atoms with E-state index in [9.17, 15) is 0 Å². The summed E-state index contributed by atoms with van der Waals surface area (Å²) in [7, 11) is 0. The number of nitrogens with one attached hydrogen (secondary N) is 1. The van der Waals surface area contributed by atoms with Crippen molar-refractivity contribution in [3.8, 4) is 0 Å². The number of benzene rings is 1. The first kappa shape index (κ1) is 13.3. The summed E-state index contributed by atoms with van der Waals surface area (Å²) < 4.78 is 4.37. The lowest BCUT2D eigenvalue weighted by molar-refractivity contribution is 0.555. The zero-order valence-electron chi connectivity index (χ0n) is 10.7. The monoisotopic (exact) mass is 281 g/mol. The third-order valence-corrected chi connectivity index (χ3v) is 3.42. The van der Waals surface area contributed by atoms with Gasteiger partial charge in [0.05, 0.1) is 0 Å². The van der Waals surface area contributed by atoms with Crippen LogP contribution in [0.5, 0.6) is 0 Å². The highest BCUT2D eigenvalue weighted by Gasteiger charge is 2.19. The lowest BCUT2D eigenvalue weighted by atomic mass is 9.96. The van der Waals surface area contributed by atoms with Crippen molar-refractivity contribution in [2.75, 3.05) is 5.32 Å². The van der Waals surface area contributed by atoms with Gasteiger partial charge in [0.15, 0.2) is 0 Å².